The first-order valence-corrected chi connectivity index (χ1v) is 12.3. The quantitative estimate of drug-likeness (QED) is 0.571. The molecule has 168 valence electrons. The lowest BCUT2D eigenvalue weighted by Crippen LogP contribution is -2.42. The minimum Gasteiger partial charge on any atom is -0.337 e. The van der Waals surface area contributed by atoms with Gasteiger partial charge in [-0.1, -0.05) is 30.7 Å². The first kappa shape index (κ1) is 22.2. The minimum atomic E-state index is -3.63. The van der Waals surface area contributed by atoms with Crippen molar-refractivity contribution in [3.8, 4) is 5.69 Å². The molecule has 1 atom stereocenters. The van der Waals surface area contributed by atoms with E-state index in [2.05, 4.69) is 5.10 Å². The number of carbonyl (C=O) groups is 1. The first-order chi connectivity index (χ1) is 15.4. The lowest BCUT2D eigenvalue weighted by molar-refractivity contribution is 0.0785. The highest BCUT2D eigenvalue weighted by atomic mass is 32.2. The number of hydrogen-bond acceptors (Lipinski definition) is 4. The van der Waals surface area contributed by atoms with E-state index in [-0.39, 0.29) is 16.8 Å². The SMILES string of the molecule is CC1CCCCN1S(=O)(=O)c1cccc(C(=O)N(C)Cc2cnn(-c3ccccc3)c2)c1. The van der Waals surface area contributed by atoms with E-state index in [9.17, 15) is 13.2 Å². The number of benzene rings is 2. The van der Waals surface area contributed by atoms with Gasteiger partial charge in [-0.2, -0.15) is 9.40 Å². The maximum absolute atomic E-state index is 13.2. The van der Waals surface area contributed by atoms with Gasteiger partial charge in [0.2, 0.25) is 10.0 Å². The van der Waals surface area contributed by atoms with E-state index in [1.807, 2.05) is 43.5 Å². The molecule has 0 spiro atoms. The second kappa shape index (κ2) is 9.26. The van der Waals surface area contributed by atoms with Gasteiger partial charge in [0.05, 0.1) is 16.8 Å². The number of carbonyl (C=O) groups excluding carboxylic acids is 1. The number of para-hydroxylation sites is 1. The maximum Gasteiger partial charge on any atom is 0.253 e. The van der Waals surface area contributed by atoms with Gasteiger partial charge in [-0.25, -0.2) is 13.1 Å². The molecule has 0 aliphatic carbocycles. The molecule has 0 N–H and O–H groups in total. The highest BCUT2D eigenvalue weighted by Crippen LogP contribution is 2.26. The van der Waals surface area contributed by atoms with Crippen molar-refractivity contribution in [2.24, 2.45) is 0 Å². The summed E-state index contributed by atoms with van der Waals surface area (Å²) in [5.74, 6) is -0.235. The van der Waals surface area contributed by atoms with Crippen LogP contribution in [0.5, 0.6) is 0 Å². The fourth-order valence-electron chi connectivity index (χ4n) is 4.08. The second-order valence-electron chi connectivity index (χ2n) is 8.28. The smallest absolute Gasteiger partial charge is 0.253 e. The summed E-state index contributed by atoms with van der Waals surface area (Å²) in [6, 6.07) is 16.1. The van der Waals surface area contributed by atoms with Crippen molar-refractivity contribution in [3.63, 3.8) is 0 Å². The van der Waals surface area contributed by atoms with Gasteiger partial charge < -0.3 is 4.90 Å². The van der Waals surface area contributed by atoms with Crippen LogP contribution in [-0.2, 0) is 16.6 Å². The Kier molecular flexibility index (Phi) is 6.43. The van der Waals surface area contributed by atoms with Crippen LogP contribution in [0.1, 0.15) is 42.1 Å². The molecule has 1 saturated heterocycles. The fraction of sp³-hybridized carbons (Fsp3) is 0.333. The summed E-state index contributed by atoms with van der Waals surface area (Å²) in [5.41, 5.74) is 2.18. The van der Waals surface area contributed by atoms with E-state index >= 15 is 0 Å². The number of nitrogens with zero attached hydrogens (tertiary/aromatic N) is 4. The molecule has 32 heavy (non-hydrogen) atoms. The van der Waals surface area contributed by atoms with E-state index < -0.39 is 10.0 Å². The standard InChI is InChI=1S/C24H28N4O3S/c1-19-9-6-7-14-28(19)32(30,31)23-13-8-10-21(15-23)24(29)26(2)17-20-16-25-27(18-20)22-11-4-3-5-12-22/h3-5,8,10-13,15-16,18-19H,6-7,9,14,17H2,1-2H3. The van der Waals surface area contributed by atoms with E-state index in [4.69, 9.17) is 0 Å². The highest BCUT2D eigenvalue weighted by Gasteiger charge is 2.31. The number of hydrogen-bond donors (Lipinski definition) is 0. The molecular formula is C24H28N4O3S. The van der Waals surface area contributed by atoms with Crippen LogP contribution in [0.15, 0.2) is 71.9 Å². The summed E-state index contributed by atoms with van der Waals surface area (Å²) in [4.78, 5) is 14.8. The molecule has 1 aliphatic rings. The molecule has 0 radical (unpaired) electrons. The van der Waals surface area contributed by atoms with Crippen LogP contribution in [0.25, 0.3) is 5.69 Å². The number of aromatic nitrogens is 2. The van der Waals surface area contributed by atoms with Crippen molar-refractivity contribution in [1.29, 1.82) is 0 Å². The van der Waals surface area contributed by atoms with Gasteiger partial charge in [0.25, 0.3) is 5.91 Å². The third-order valence-electron chi connectivity index (χ3n) is 5.85. The fourth-order valence-corrected chi connectivity index (χ4v) is 5.83. The summed E-state index contributed by atoms with van der Waals surface area (Å²) in [5, 5.41) is 4.37. The molecule has 3 aromatic rings. The van der Waals surface area contributed by atoms with E-state index in [1.165, 1.54) is 6.07 Å². The van der Waals surface area contributed by atoms with E-state index in [1.54, 1.807) is 45.3 Å². The number of rotatable bonds is 6. The van der Waals surface area contributed by atoms with E-state index in [0.29, 0.717) is 18.7 Å². The average molecular weight is 453 g/mol. The highest BCUT2D eigenvalue weighted by molar-refractivity contribution is 7.89. The van der Waals surface area contributed by atoms with Crippen molar-refractivity contribution in [3.05, 3.63) is 78.1 Å². The van der Waals surface area contributed by atoms with Crippen LogP contribution in [0.2, 0.25) is 0 Å². The molecule has 0 saturated carbocycles. The molecule has 1 fully saturated rings. The molecule has 2 heterocycles. The van der Waals surface area contributed by atoms with Gasteiger partial charge in [0, 0.05) is 43.5 Å². The molecule has 1 aromatic heterocycles. The molecule has 1 amide bonds. The molecule has 0 bridgehead atoms. The predicted molar refractivity (Wildman–Crippen MR) is 123 cm³/mol. The molecule has 1 aliphatic heterocycles. The van der Waals surface area contributed by atoms with Gasteiger partial charge in [0.15, 0.2) is 0 Å². The summed E-state index contributed by atoms with van der Waals surface area (Å²) in [6.07, 6.45) is 6.38. The maximum atomic E-state index is 13.2. The Labute approximate surface area is 189 Å². The van der Waals surface area contributed by atoms with E-state index in [0.717, 1.165) is 30.5 Å². The lowest BCUT2D eigenvalue weighted by atomic mass is 10.1. The summed E-state index contributed by atoms with van der Waals surface area (Å²) in [6.45, 7) is 2.83. The Hall–Kier alpha value is -2.97. The van der Waals surface area contributed by atoms with Gasteiger partial charge >= 0.3 is 0 Å². The number of amides is 1. The Morgan fingerprint density at radius 2 is 1.91 bits per heavy atom. The Balaban J connectivity index is 1.49. The monoisotopic (exact) mass is 452 g/mol. The van der Waals surface area contributed by atoms with Crippen molar-refractivity contribution in [1.82, 2.24) is 19.0 Å². The molecule has 1 unspecified atom stereocenters. The third kappa shape index (κ3) is 4.61. The molecule has 4 rings (SSSR count). The predicted octanol–water partition coefficient (Wildman–Crippen LogP) is 3.71. The van der Waals surface area contributed by atoms with Crippen LogP contribution < -0.4 is 0 Å². The molecule has 2 aromatic carbocycles. The average Bonchev–Trinajstić information content (AvgIpc) is 3.28. The molecular weight excluding hydrogens is 424 g/mol. The van der Waals surface area contributed by atoms with Crippen molar-refractivity contribution in [2.45, 2.75) is 43.7 Å². The topological polar surface area (TPSA) is 75.5 Å². The summed E-state index contributed by atoms with van der Waals surface area (Å²) < 4.78 is 29.6. The normalized spacial score (nSPS) is 17.2. The first-order valence-electron chi connectivity index (χ1n) is 10.8. The molecule has 7 nitrogen and oxygen atoms in total. The Morgan fingerprint density at radius 3 is 2.66 bits per heavy atom. The lowest BCUT2D eigenvalue weighted by Gasteiger charge is -2.32. The van der Waals surface area contributed by atoms with Gasteiger partial charge in [0.1, 0.15) is 0 Å². The number of piperidine rings is 1. The van der Waals surface area contributed by atoms with Gasteiger partial charge in [-0.05, 0) is 50.1 Å². The molecule has 8 heteroatoms. The van der Waals surface area contributed by atoms with Crippen LogP contribution in [0.4, 0.5) is 0 Å². The Morgan fingerprint density at radius 1 is 1.12 bits per heavy atom. The zero-order valence-electron chi connectivity index (χ0n) is 18.4. The second-order valence-corrected chi connectivity index (χ2v) is 10.2. The van der Waals surface area contributed by atoms with Crippen molar-refractivity contribution in [2.75, 3.05) is 13.6 Å². The minimum absolute atomic E-state index is 0.0306. The Bertz CT molecular complexity index is 1190. The van der Waals surface area contributed by atoms with Gasteiger partial charge in [-0.15, -0.1) is 0 Å². The van der Waals surface area contributed by atoms with Crippen LogP contribution >= 0.6 is 0 Å². The van der Waals surface area contributed by atoms with Gasteiger partial charge in [-0.3, -0.25) is 4.79 Å². The van der Waals surface area contributed by atoms with Crippen molar-refractivity contribution < 1.29 is 13.2 Å². The zero-order chi connectivity index (χ0) is 22.7. The summed E-state index contributed by atoms with van der Waals surface area (Å²) in [7, 11) is -1.93. The van der Waals surface area contributed by atoms with Crippen molar-refractivity contribution >= 4 is 15.9 Å². The van der Waals surface area contributed by atoms with Crippen LogP contribution in [-0.4, -0.2) is 52.9 Å². The zero-order valence-corrected chi connectivity index (χ0v) is 19.2. The number of sulfonamides is 1. The largest absolute Gasteiger partial charge is 0.337 e. The summed E-state index contributed by atoms with van der Waals surface area (Å²) >= 11 is 0. The third-order valence-corrected chi connectivity index (χ3v) is 7.86. The van der Waals surface area contributed by atoms with Crippen LogP contribution in [0, 0.1) is 0 Å². The van der Waals surface area contributed by atoms with Crippen LogP contribution in [0.3, 0.4) is 0 Å².